The fraction of sp³-hybridized carbons (Fsp3) is 0.750. The molecule has 0 aromatic rings. The van der Waals surface area contributed by atoms with E-state index < -0.39 is 0 Å². The second-order valence-electron chi connectivity index (χ2n) is 4.87. The number of rotatable bonds is 0. The summed E-state index contributed by atoms with van der Waals surface area (Å²) in [6, 6.07) is 0. The monoisotopic (exact) mass is 193 g/mol. The Morgan fingerprint density at radius 2 is 2.14 bits per heavy atom. The molecule has 0 amide bonds. The molecule has 2 rings (SSSR count). The number of ketones is 1. The summed E-state index contributed by atoms with van der Waals surface area (Å²) in [6.45, 7) is 6.49. The molecule has 2 nitrogen and oxygen atoms in total. The Morgan fingerprint density at radius 3 is 2.86 bits per heavy atom. The van der Waals surface area contributed by atoms with Crippen LogP contribution in [0.4, 0.5) is 0 Å². The van der Waals surface area contributed by atoms with Gasteiger partial charge in [-0.3, -0.25) is 4.79 Å². The third kappa shape index (κ3) is 1.52. The lowest BCUT2D eigenvalue weighted by atomic mass is 9.72. The molecule has 1 aliphatic carbocycles. The van der Waals surface area contributed by atoms with Crippen molar-refractivity contribution in [2.45, 2.75) is 26.7 Å². The van der Waals surface area contributed by atoms with Crippen LogP contribution < -0.4 is 0 Å². The molecule has 0 N–H and O–H groups in total. The summed E-state index contributed by atoms with van der Waals surface area (Å²) in [5.41, 5.74) is 2.52. The third-order valence-corrected chi connectivity index (χ3v) is 3.81. The quantitative estimate of drug-likeness (QED) is 0.585. The van der Waals surface area contributed by atoms with E-state index in [1.54, 1.807) is 0 Å². The van der Waals surface area contributed by atoms with Crippen molar-refractivity contribution in [1.29, 1.82) is 0 Å². The Balaban J connectivity index is 2.31. The second-order valence-corrected chi connectivity index (χ2v) is 4.87. The van der Waals surface area contributed by atoms with Gasteiger partial charge < -0.3 is 4.90 Å². The lowest BCUT2D eigenvalue weighted by molar-refractivity contribution is -0.117. The fourth-order valence-corrected chi connectivity index (χ4v) is 2.79. The molecule has 2 atom stereocenters. The highest BCUT2D eigenvalue weighted by atomic mass is 16.1. The molecule has 0 radical (unpaired) electrons. The fourth-order valence-electron chi connectivity index (χ4n) is 2.79. The number of hydrogen-bond donors (Lipinski definition) is 0. The van der Waals surface area contributed by atoms with Gasteiger partial charge in [-0.2, -0.15) is 0 Å². The van der Waals surface area contributed by atoms with Crippen molar-refractivity contribution in [3.63, 3.8) is 0 Å². The first kappa shape index (κ1) is 9.91. The molecule has 14 heavy (non-hydrogen) atoms. The lowest BCUT2D eigenvalue weighted by Gasteiger charge is -2.39. The lowest BCUT2D eigenvalue weighted by Crippen LogP contribution is -2.40. The Morgan fingerprint density at radius 1 is 1.43 bits per heavy atom. The van der Waals surface area contributed by atoms with Gasteiger partial charge in [0.15, 0.2) is 5.78 Å². The minimum Gasteiger partial charge on any atom is -0.305 e. The number of hydrogen-bond acceptors (Lipinski definition) is 2. The van der Waals surface area contributed by atoms with Gasteiger partial charge in [-0.25, -0.2) is 0 Å². The number of allylic oxidation sites excluding steroid dienone is 1. The minimum atomic E-state index is 0.383. The van der Waals surface area contributed by atoms with E-state index in [9.17, 15) is 4.79 Å². The van der Waals surface area contributed by atoms with Crippen molar-refractivity contribution in [3.8, 4) is 0 Å². The number of Topliss-reactive ketones (excluding diaryl/α,β-unsaturated/α-hetero) is 1. The Hall–Kier alpha value is -0.630. The molecular formula is C12H19NO. The van der Waals surface area contributed by atoms with Crippen molar-refractivity contribution in [2.24, 2.45) is 11.8 Å². The van der Waals surface area contributed by atoms with Gasteiger partial charge >= 0.3 is 0 Å². The summed E-state index contributed by atoms with van der Waals surface area (Å²) in [5.74, 6) is 1.57. The maximum atomic E-state index is 11.7. The van der Waals surface area contributed by atoms with Crippen LogP contribution in [0.2, 0.25) is 0 Å². The summed E-state index contributed by atoms with van der Waals surface area (Å²) in [5, 5.41) is 0. The van der Waals surface area contributed by atoms with E-state index in [0.29, 0.717) is 17.6 Å². The molecule has 78 valence electrons. The van der Waals surface area contributed by atoms with E-state index in [4.69, 9.17) is 0 Å². The predicted octanol–water partition coefficient (Wildman–Crippen LogP) is 1.86. The zero-order valence-electron chi connectivity index (χ0n) is 9.34. The van der Waals surface area contributed by atoms with Crippen LogP contribution in [0.1, 0.15) is 26.7 Å². The molecule has 1 fully saturated rings. The van der Waals surface area contributed by atoms with Crippen LogP contribution in [0.15, 0.2) is 11.1 Å². The van der Waals surface area contributed by atoms with Gasteiger partial charge in [-0.1, -0.05) is 12.5 Å². The van der Waals surface area contributed by atoms with Crippen LogP contribution >= 0.6 is 0 Å². The van der Waals surface area contributed by atoms with Crippen LogP contribution in [0.3, 0.4) is 0 Å². The topological polar surface area (TPSA) is 20.3 Å². The van der Waals surface area contributed by atoms with Crippen LogP contribution in [-0.2, 0) is 4.79 Å². The molecule has 1 saturated heterocycles. The molecule has 0 bridgehead atoms. The van der Waals surface area contributed by atoms with Crippen molar-refractivity contribution in [2.75, 3.05) is 20.1 Å². The van der Waals surface area contributed by atoms with E-state index in [2.05, 4.69) is 18.9 Å². The standard InChI is InChI=1S/C12H19NO/c1-8-6-12(14)9(2)10-4-5-13(3)7-11(8)10/h8,11H,4-7H2,1-3H3. The van der Waals surface area contributed by atoms with Crippen LogP contribution in [0, 0.1) is 11.8 Å². The summed E-state index contributed by atoms with van der Waals surface area (Å²) < 4.78 is 0. The molecule has 0 aromatic heterocycles. The molecule has 2 unspecified atom stereocenters. The van der Waals surface area contributed by atoms with Gasteiger partial charge in [0.05, 0.1) is 0 Å². The van der Waals surface area contributed by atoms with Crippen LogP contribution in [0.5, 0.6) is 0 Å². The van der Waals surface area contributed by atoms with Crippen LogP contribution in [0.25, 0.3) is 0 Å². The summed E-state index contributed by atoms with van der Waals surface area (Å²) in [7, 11) is 2.18. The number of likely N-dealkylation sites (tertiary alicyclic amines) is 1. The van der Waals surface area contributed by atoms with E-state index in [1.165, 1.54) is 5.57 Å². The second kappa shape index (κ2) is 3.50. The highest BCUT2D eigenvalue weighted by Crippen LogP contribution is 2.37. The molecule has 0 saturated carbocycles. The molecule has 1 heterocycles. The Kier molecular flexibility index (Phi) is 2.48. The van der Waals surface area contributed by atoms with Crippen molar-refractivity contribution in [3.05, 3.63) is 11.1 Å². The highest BCUT2D eigenvalue weighted by Gasteiger charge is 2.34. The molecule has 1 aliphatic heterocycles. The van der Waals surface area contributed by atoms with E-state index in [-0.39, 0.29) is 0 Å². The first-order chi connectivity index (χ1) is 6.59. The van der Waals surface area contributed by atoms with Gasteiger partial charge in [-0.05, 0) is 37.8 Å². The van der Waals surface area contributed by atoms with Crippen molar-refractivity contribution < 1.29 is 4.79 Å². The van der Waals surface area contributed by atoms with Gasteiger partial charge in [0.25, 0.3) is 0 Å². The average molecular weight is 193 g/mol. The van der Waals surface area contributed by atoms with Crippen molar-refractivity contribution in [1.82, 2.24) is 4.90 Å². The number of carbonyl (C=O) groups is 1. The van der Waals surface area contributed by atoms with Gasteiger partial charge in [0.2, 0.25) is 0 Å². The molecular weight excluding hydrogens is 174 g/mol. The zero-order valence-corrected chi connectivity index (χ0v) is 9.34. The molecule has 2 aliphatic rings. The first-order valence-electron chi connectivity index (χ1n) is 5.51. The number of nitrogens with zero attached hydrogens (tertiary/aromatic N) is 1. The largest absolute Gasteiger partial charge is 0.305 e. The van der Waals surface area contributed by atoms with E-state index in [0.717, 1.165) is 31.5 Å². The van der Waals surface area contributed by atoms with E-state index >= 15 is 0 Å². The normalized spacial score (nSPS) is 34.6. The smallest absolute Gasteiger partial charge is 0.158 e. The maximum Gasteiger partial charge on any atom is 0.158 e. The number of piperidine rings is 1. The molecule has 0 spiro atoms. The maximum absolute atomic E-state index is 11.7. The SMILES string of the molecule is CC1=C2CCN(C)CC2C(C)CC1=O. The summed E-state index contributed by atoms with van der Waals surface area (Å²) >= 11 is 0. The first-order valence-corrected chi connectivity index (χ1v) is 5.51. The van der Waals surface area contributed by atoms with Crippen LogP contribution in [-0.4, -0.2) is 30.8 Å². The summed E-state index contributed by atoms with van der Waals surface area (Å²) in [4.78, 5) is 14.1. The molecule has 0 aromatic carbocycles. The average Bonchev–Trinajstić information content (AvgIpc) is 2.14. The third-order valence-electron chi connectivity index (χ3n) is 3.81. The van der Waals surface area contributed by atoms with E-state index in [1.807, 2.05) is 6.92 Å². The highest BCUT2D eigenvalue weighted by molar-refractivity contribution is 5.96. The minimum absolute atomic E-state index is 0.383. The van der Waals surface area contributed by atoms with Gasteiger partial charge in [0.1, 0.15) is 0 Å². The molecule has 2 heteroatoms. The number of fused-ring (bicyclic) bond motifs is 1. The zero-order chi connectivity index (χ0) is 10.3. The van der Waals surface area contributed by atoms with Gasteiger partial charge in [0, 0.05) is 19.5 Å². The number of carbonyl (C=O) groups excluding carboxylic acids is 1. The van der Waals surface area contributed by atoms with Gasteiger partial charge in [-0.15, -0.1) is 0 Å². The predicted molar refractivity (Wildman–Crippen MR) is 57.1 cm³/mol. The van der Waals surface area contributed by atoms with Crippen molar-refractivity contribution >= 4 is 5.78 Å². The Labute approximate surface area is 86.0 Å². The Bertz CT molecular complexity index is 293. The summed E-state index contributed by atoms with van der Waals surface area (Å²) in [6.07, 6.45) is 1.86.